The van der Waals surface area contributed by atoms with Gasteiger partial charge in [0.1, 0.15) is 33.4 Å². The summed E-state index contributed by atoms with van der Waals surface area (Å²) in [7, 11) is -5.77. The topological polar surface area (TPSA) is 57.2 Å². The predicted molar refractivity (Wildman–Crippen MR) is 429 cm³/mol. The average molecular weight is 1720 g/mol. The molecule has 3 nitrogen and oxygen atoms in total. The predicted octanol–water partition coefficient (Wildman–Crippen LogP) is 27.4. The van der Waals surface area contributed by atoms with Crippen LogP contribution in [0.5, 0.6) is 0 Å². The average Bonchev–Trinajstić information content (AvgIpc) is 0.832. The molecule has 0 atom stereocenters. The van der Waals surface area contributed by atoms with E-state index in [9.17, 15) is 30.5 Å². The van der Waals surface area contributed by atoms with E-state index in [0.29, 0.717) is 24.7 Å². The van der Waals surface area contributed by atoms with Crippen molar-refractivity contribution in [2.45, 2.75) is 96.2 Å². The van der Waals surface area contributed by atoms with Crippen molar-refractivity contribution >= 4 is 155 Å². The molecule has 0 heterocycles. The van der Waals surface area contributed by atoms with E-state index >= 15 is 0 Å². The molecule has 0 saturated carbocycles. The monoisotopic (exact) mass is 1710 g/mol. The second kappa shape index (κ2) is 38.7. The Bertz CT molecular complexity index is 4210. The summed E-state index contributed by atoms with van der Waals surface area (Å²) in [6.45, 7) is 6.22. The van der Waals surface area contributed by atoms with Gasteiger partial charge in [-0.25, -0.2) is 26.0 Å². The van der Waals surface area contributed by atoms with Gasteiger partial charge in [-0.15, -0.1) is 0 Å². The molecule has 0 aliphatic carbocycles. The highest BCUT2D eigenvalue weighted by Gasteiger charge is 2.33. The molecule has 0 fully saturated rings. The molecule has 13 aromatic rings. The van der Waals surface area contributed by atoms with E-state index in [0.717, 1.165) is 55.7 Å². The fraction of sp³-hybridized carbons (Fsp3) is 0.0602. The lowest BCUT2D eigenvalue weighted by Gasteiger charge is -2.23. The van der Waals surface area contributed by atoms with Gasteiger partial charge in [0.05, 0.1) is 48.5 Å². The van der Waals surface area contributed by atoms with E-state index in [1.165, 1.54) is 90.0 Å². The molecule has 0 unspecified atom stereocenters. The van der Waals surface area contributed by atoms with Gasteiger partial charge in [0.2, 0.25) is 0 Å². The third kappa shape index (κ3) is 24.0. The van der Waals surface area contributed by atoms with Crippen molar-refractivity contribution in [1.82, 2.24) is 0 Å². The molecule has 0 spiro atoms. The van der Waals surface area contributed by atoms with Crippen LogP contribution in [0.15, 0.2) is 388 Å². The summed E-state index contributed by atoms with van der Waals surface area (Å²) < 4.78 is 88.3. The van der Waals surface area contributed by atoms with E-state index in [1.54, 1.807) is 48.5 Å². The standard InChI is InChI=1S/C18H12Br2ClS.C18H12Cl3S.C18H12Cl2FS.C18H12F3S.C11H16O3S/c3*19-13-1-7-16(8-2-13)22(17-9-3-14(20)4-10-17)18-11-5-15(21)6-12-18;19-13-4-1-7-16(10-13)22(17-8-2-5-14(20)11-17)18-9-3-6-15(21)12-18;1-4-11(2,3)9-5-7-10(8-6-9)15(12,13)14/h4*1-12H;5-8H,4H2,1-3H3,(H,12,13,14)/q4*+1;/p-1. The van der Waals surface area contributed by atoms with Crippen LogP contribution in [-0.2, 0) is 59.1 Å². The lowest BCUT2D eigenvalue weighted by Crippen LogP contribution is -2.15. The first kappa shape index (κ1) is 80.7. The maximum atomic E-state index is 13.6. The summed E-state index contributed by atoms with van der Waals surface area (Å²) in [4.78, 5) is 12.6. The summed E-state index contributed by atoms with van der Waals surface area (Å²) in [5, 5.41) is 4.36. The number of hydrogen-bond acceptors (Lipinski definition) is 3. The fourth-order valence-corrected chi connectivity index (χ4v) is 19.9. The Hall–Kier alpha value is -6.41. The number of hydrogen-bond donors (Lipinski definition) is 0. The van der Waals surface area contributed by atoms with Crippen molar-refractivity contribution in [3.63, 3.8) is 0 Å². The van der Waals surface area contributed by atoms with Gasteiger partial charge in [-0.3, -0.25) is 0 Å². The zero-order valence-corrected chi connectivity index (χ0v) is 66.8. The number of benzene rings is 13. The number of halogens is 12. The Balaban J connectivity index is 0.000000150. The lowest BCUT2D eigenvalue weighted by molar-refractivity contribution is 0.462. The highest BCUT2D eigenvalue weighted by atomic mass is 79.9. The Morgan fingerprint density at radius 3 is 0.738 bits per heavy atom. The Morgan fingerprint density at radius 1 is 0.311 bits per heavy atom. The molecular formula is C83H63Br2Cl6F4O3S5+3. The van der Waals surface area contributed by atoms with Gasteiger partial charge in [-0.05, 0) is 284 Å². The third-order valence-corrected chi connectivity index (χ3v) is 27.6. The minimum absolute atomic E-state index is 0.00514. The molecule has 0 N–H and O–H groups in total. The van der Waals surface area contributed by atoms with E-state index in [2.05, 4.69) is 150 Å². The van der Waals surface area contributed by atoms with Crippen molar-refractivity contribution in [3.8, 4) is 0 Å². The van der Waals surface area contributed by atoms with Gasteiger partial charge in [-0.2, -0.15) is 0 Å². The summed E-state index contributed by atoms with van der Waals surface area (Å²) in [6, 6.07) is 95.7. The van der Waals surface area contributed by atoms with Crippen molar-refractivity contribution in [1.29, 1.82) is 0 Å². The van der Waals surface area contributed by atoms with Crippen LogP contribution in [0.2, 0.25) is 30.1 Å². The zero-order valence-electron chi connectivity index (χ0n) is 55.0. The molecule has 103 heavy (non-hydrogen) atoms. The number of rotatable bonds is 15. The van der Waals surface area contributed by atoms with Crippen LogP contribution in [0.3, 0.4) is 0 Å². The molecule has 0 amide bonds. The Kier molecular flexibility index (Phi) is 30.3. The molecule has 13 aromatic carbocycles. The minimum atomic E-state index is -4.32. The van der Waals surface area contributed by atoms with Crippen LogP contribution in [0.1, 0.15) is 32.8 Å². The SMILES string of the molecule is CCC(C)(C)c1ccc(S(=O)(=O)[O-])cc1.Clc1ccc([S+](c2ccc(Br)cc2)c2ccc(Br)cc2)cc1.Clc1ccc([S+](c2ccc(Cl)cc2)c2ccc(Cl)cc2)cc1.Fc1ccc([S+](c2ccc(Cl)cc2)c2ccc(Cl)cc2)cc1.Fc1cccc([S+](c2cccc(F)c2)c2cccc(F)c2)c1. The van der Waals surface area contributed by atoms with Gasteiger partial charge in [0.15, 0.2) is 58.7 Å². The summed E-state index contributed by atoms with van der Waals surface area (Å²) in [5.41, 5.74) is 1.04. The van der Waals surface area contributed by atoms with Gasteiger partial charge in [0, 0.05) is 57.3 Å². The first-order valence-electron chi connectivity index (χ1n) is 31.4. The third-order valence-electron chi connectivity index (χ3n) is 15.3. The van der Waals surface area contributed by atoms with Crippen LogP contribution in [0.25, 0.3) is 0 Å². The van der Waals surface area contributed by atoms with E-state index in [-0.39, 0.29) is 66.3 Å². The largest absolute Gasteiger partial charge is 0.744 e. The molecule has 524 valence electrons. The van der Waals surface area contributed by atoms with Gasteiger partial charge in [0.25, 0.3) is 0 Å². The highest BCUT2D eigenvalue weighted by molar-refractivity contribution is 9.10. The van der Waals surface area contributed by atoms with E-state index < -0.39 is 21.0 Å². The fourth-order valence-electron chi connectivity index (χ4n) is 9.83. The van der Waals surface area contributed by atoms with E-state index in [4.69, 9.17) is 69.6 Å². The maximum Gasteiger partial charge on any atom is 0.169 e. The van der Waals surface area contributed by atoms with Crippen LogP contribution < -0.4 is 0 Å². The smallest absolute Gasteiger partial charge is 0.169 e. The van der Waals surface area contributed by atoms with Crippen molar-refractivity contribution in [2.75, 3.05) is 0 Å². The first-order valence-corrected chi connectivity index (χ1v) is 41.6. The quantitative estimate of drug-likeness (QED) is 0.0584. The summed E-state index contributed by atoms with van der Waals surface area (Å²) in [6.07, 6.45) is 0.955. The molecule has 0 aromatic heterocycles. The Morgan fingerprint density at radius 2 is 0.524 bits per heavy atom. The van der Waals surface area contributed by atoms with Crippen molar-refractivity contribution in [3.05, 3.63) is 383 Å². The normalized spacial score (nSPS) is 11.2. The molecule has 0 aliphatic heterocycles. The first-order chi connectivity index (χ1) is 49.3. The molecule has 0 saturated heterocycles. The van der Waals surface area contributed by atoms with Gasteiger partial charge < -0.3 is 4.55 Å². The van der Waals surface area contributed by atoms with Crippen molar-refractivity contribution < 1.29 is 30.5 Å². The van der Waals surface area contributed by atoms with Crippen LogP contribution in [-0.4, -0.2) is 13.0 Å². The van der Waals surface area contributed by atoms with Crippen molar-refractivity contribution in [2.24, 2.45) is 0 Å². The Labute approximate surface area is 658 Å². The van der Waals surface area contributed by atoms with Gasteiger partial charge in [-0.1, -0.05) is 153 Å². The maximum absolute atomic E-state index is 13.6. The molecular weight excluding hydrogens is 1650 g/mol. The lowest BCUT2D eigenvalue weighted by atomic mass is 9.82. The molecule has 0 radical (unpaired) electrons. The van der Waals surface area contributed by atoms with Crippen LogP contribution in [0.4, 0.5) is 17.6 Å². The van der Waals surface area contributed by atoms with E-state index in [1.807, 2.05) is 109 Å². The summed E-state index contributed by atoms with van der Waals surface area (Å²) in [5.74, 6) is -1.35. The second-order valence-corrected chi connectivity index (χ2v) is 36.8. The van der Waals surface area contributed by atoms with Crippen LogP contribution in [0, 0.1) is 23.3 Å². The zero-order chi connectivity index (χ0) is 73.8. The highest BCUT2D eigenvalue weighted by Crippen LogP contribution is 2.38. The molecule has 13 rings (SSSR count). The van der Waals surface area contributed by atoms with Gasteiger partial charge >= 0.3 is 0 Å². The minimum Gasteiger partial charge on any atom is -0.744 e. The molecule has 0 bridgehead atoms. The molecule has 0 aliphatic rings. The summed E-state index contributed by atoms with van der Waals surface area (Å²) >= 11 is 43.1. The van der Waals surface area contributed by atoms with Crippen LogP contribution >= 0.6 is 101 Å². The molecule has 20 heteroatoms. The second-order valence-electron chi connectivity index (χ2n) is 22.9.